The molecule has 0 atom stereocenters. The summed E-state index contributed by atoms with van der Waals surface area (Å²) >= 11 is 0. The fourth-order valence-corrected chi connectivity index (χ4v) is 3.30. The highest BCUT2D eigenvalue weighted by atomic mass is 19.4. The predicted molar refractivity (Wildman–Crippen MR) is 144 cm³/mol. The van der Waals surface area contributed by atoms with Crippen molar-refractivity contribution in [1.29, 1.82) is 0 Å². The van der Waals surface area contributed by atoms with Crippen LogP contribution in [0.3, 0.4) is 0 Å². The molecule has 0 saturated carbocycles. The first kappa shape index (κ1) is 30.5. The second-order valence-corrected chi connectivity index (χ2v) is 8.62. The van der Waals surface area contributed by atoms with Gasteiger partial charge < -0.3 is 30.4 Å². The number of nitrogens with two attached hydrogens (primary N) is 2. The SMILES string of the molecule is Nc1cc(N)cc(C(=O)OCCCCOC(=O)C=Cc2ccc(OC(=O)c3ccc(OCC(F)(F)F)cc3)cc2)c1. The van der Waals surface area contributed by atoms with E-state index >= 15 is 0 Å². The highest BCUT2D eigenvalue weighted by molar-refractivity contribution is 5.92. The lowest BCUT2D eigenvalue weighted by atomic mass is 10.2. The van der Waals surface area contributed by atoms with Crippen molar-refractivity contribution in [3.8, 4) is 11.5 Å². The number of rotatable bonds is 12. The van der Waals surface area contributed by atoms with Crippen molar-refractivity contribution in [3.63, 3.8) is 0 Å². The van der Waals surface area contributed by atoms with Crippen molar-refractivity contribution >= 4 is 35.4 Å². The Morgan fingerprint density at radius 3 is 1.93 bits per heavy atom. The molecule has 3 aromatic carbocycles. The van der Waals surface area contributed by atoms with E-state index in [0.717, 1.165) is 0 Å². The van der Waals surface area contributed by atoms with Crippen molar-refractivity contribution < 1.29 is 46.5 Å². The standard InChI is InChI=1S/C29H27F3N2O7/c30-29(31,32)18-40-24-10-6-20(7-11-24)28(37)41-25-8-3-19(4-9-25)5-12-26(35)38-13-1-2-14-39-27(36)21-15-22(33)17-23(34)16-21/h3-12,15-17H,1-2,13-14,18,33-34H2. The fourth-order valence-electron chi connectivity index (χ4n) is 3.30. The predicted octanol–water partition coefficient (Wildman–Crippen LogP) is 5.20. The fraction of sp³-hybridized carbons (Fsp3) is 0.207. The maximum Gasteiger partial charge on any atom is 0.422 e. The van der Waals surface area contributed by atoms with Gasteiger partial charge in [-0.2, -0.15) is 13.2 Å². The van der Waals surface area contributed by atoms with Crippen LogP contribution in [0.25, 0.3) is 6.08 Å². The van der Waals surface area contributed by atoms with Gasteiger partial charge in [-0.25, -0.2) is 14.4 Å². The van der Waals surface area contributed by atoms with E-state index in [-0.39, 0.29) is 35.8 Å². The summed E-state index contributed by atoms with van der Waals surface area (Å²) in [6.45, 7) is -1.16. The second kappa shape index (κ2) is 14.4. The van der Waals surface area contributed by atoms with Gasteiger partial charge in [0.1, 0.15) is 11.5 Å². The first-order valence-corrected chi connectivity index (χ1v) is 12.3. The molecule has 0 aliphatic rings. The lowest BCUT2D eigenvalue weighted by Gasteiger charge is -2.09. The molecule has 0 saturated heterocycles. The van der Waals surface area contributed by atoms with Crippen molar-refractivity contribution in [2.45, 2.75) is 19.0 Å². The number of esters is 3. The van der Waals surface area contributed by atoms with Crippen LogP contribution in [0.4, 0.5) is 24.5 Å². The molecule has 12 heteroatoms. The van der Waals surface area contributed by atoms with Gasteiger partial charge in [0.25, 0.3) is 0 Å². The normalized spacial score (nSPS) is 11.2. The van der Waals surface area contributed by atoms with Crippen LogP contribution in [0.1, 0.15) is 39.1 Å². The summed E-state index contributed by atoms with van der Waals surface area (Å²) in [5.74, 6) is -1.61. The van der Waals surface area contributed by atoms with Crippen molar-refractivity contribution in [2.75, 3.05) is 31.3 Å². The summed E-state index contributed by atoms with van der Waals surface area (Å²) in [7, 11) is 0. The Hall–Kier alpha value is -5.00. The molecule has 0 spiro atoms. The average Bonchev–Trinajstić information content (AvgIpc) is 2.92. The summed E-state index contributed by atoms with van der Waals surface area (Å²) in [5.41, 5.74) is 13.1. The minimum atomic E-state index is -4.46. The Morgan fingerprint density at radius 1 is 0.732 bits per heavy atom. The maximum absolute atomic E-state index is 12.3. The molecule has 0 aromatic heterocycles. The van der Waals surface area contributed by atoms with E-state index in [1.54, 1.807) is 12.1 Å². The Labute approximate surface area is 233 Å². The maximum atomic E-state index is 12.3. The highest BCUT2D eigenvalue weighted by Gasteiger charge is 2.28. The van der Waals surface area contributed by atoms with Crippen LogP contribution in [0, 0.1) is 0 Å². The van der Waals surface area contributed by atoms with E-state index in [4.69, 9.17) is 25.7 Å². The van der Waals surface area contributed by atoms with Gasteiger partial charge in [-0.3, -0.25) is 0 Å². The molecule has 0 radical (unpaired) electrons. The minimum absolute atomic E-state index is 0.0319. The van der Waals surface area contributed by atoms with Gasteiger partial charge >= 0.3 is 24.1 Å². The highest BCUT2D eigenvalue weighted by Crippen LogP contribution is 2.20. The largest absolute Gasteiger partial charge is 0.484 e. The number of halogens is 3. The zero-order chi connectivity index (χ0) is 29.8. The molecular formula is C29H27F3N2O7. The van der Waals surface area contributed by atoms with Gasteiger partial charge in [-0.05, 0) is 79.1 Å². The van der Waals surface area contributed by atoms with Crippen molar-refractivity contribution in [2.24, 2.45) is 0 Å². The summed E-state index contributed by atoms with van der Waals surface area (Å²) < 4.78 is 56.8. The lowest BCUT2D eigenvalue weighted by Crippen LogP contribution is -2.19. The molecule has 3 rings (SSSR count). The minimum Gasteiger partial charge on any atom is -0.484 e. The average molecular weight is 573 g/mol. The Balaban J connectivity index is 1.34. The number of alkyl halides is 3. The molecule has 0 fully saturated rings. The van der Waals surface area contributed by atoms with Gasteiger partial charge in [-0.15, -0.1) is 0 Å². The zero-order valence-electron chi connectivity index (χ0n) is 21.7. The van der Waals surface area contributed by atoms with Gasteiger partial charge in [-0.1, -0.05) is 12.1 Å². The van der Waals surface area contributed by atoms with E-state index in [1.807, 2.05) is 0 Å². The smallest absolute Gasteiger partial charge is 0.422 e. The first-order chi connectivity index (χ1) is 19.5. The van der Waals surface area contributed by atoms with Crippen LogP contribution in [0.2, 0.25) is 0 Å². The summed E-state index contributed by atoms with van der Waals surface area (Å²) in [6, 6.07) is 15.8. The molecule has 4 N–H and O–H groups in total. The Bertz CT molecular complexity index is 1350. The van der Waals surface area contributed by atoms with Crippen molar-refractivity contribution in [1.82, 2.24) is 0 Å². The third kappa shape index (κ3) is 10.9. The molecule has 0 aliphatic heterocycles. The number of nitrogen functional groups attached to an aromatic ring is 2. The summed E-state index contributed by atoms with van der Waals surface area (Å²) in [5, 5.41) is 0. The Kier molecular flexibility index (Phi) is 10.7. The number of hydrogen-bond acceptors (Lipinski definition) is 9. The van der Waals surface area contributed by atoms with Crippen LogP contribution in [0.5, 0.6) is 11.5 Å². The van der Waals surface area contributed by atoms with Crippen LogP contribution in [0.15, 0.2) is 72.8 Å². The molecule has 0 heterocycles. The zero-order valence-corrected chi connectivity index (χ0v) is 21.7. The van der Waals surface area contributed by atoms with Crippen LogP contribution in [-0.4, -0.2) is 43.9 Å². The molecule has 9 nitrogen and oxygen atoms in total. The summed E-state index contributed by atoms with van der Waals surface area (Å²) in [6.07, 6.45) is -0.735. The third-order valence-electron chi connectivity index (χ3n) is 5.22. The molecule has 0 amide bonds. The van der Waals surface area contributed by atoms with E-state index in [0.29, 0.717) is 29.8 Å². The number of carbonyl (C=O) groups excluding carboxylic acids is 3. The number of benzene rings is 3. The third-order valence-corrected chi connectivity index (χ3v) is 5.22. The molecule has 3 aromatic rings. The number of carbonyl (C=O) groups is 3. The van der Waals surface area contributed by atoms with Gasteiger partial charge in [0.2, 0.25) is 0 Å². The molecule has 41 heavy (non-hydrogen) atoms. The molecular weight excluding hydrogens is 545 g/mol. The van der Waals surface area contributed by atoms with Crippen LogP contribution < -0.4 is 20.9 Å². The number of ether oxygens (including phenoxy) is 4. The summed E-state index contributed by atoms with van der Waals surface area (Å²) in [4.78, 5) is 36.2. The molecule has 0 unspecified atom stereocenters. The second-order valence-electron chi connectivity index (χ2n) is 8.62. The lowest BCUT2D eigenvalue weighted by molar-refractivity contribution is -0.153. The van der Waals surface area contributed by atoms with Crippen LogP contribution in [-0.2, 0) is 14.3 Å². The molecule has 216 valence electrons. The number of hydrogen-bond donors (Lipinski definition) is 2. The molecule has 0 bridgehead atoms. The molecule has 0 aliphatic carbocycles. The number of anilines is 2. The van der Waals surface area contributed by atoms with Gasteiger partial charge in [0.05, 0.1) is 24.3 Å². The first-order valence-electron chi connectivity index (χ1n) is 12.3. The van der Waals surface area contributed by atoms with Gasteiger partial charge in [0.15, 0.2) is 6.61 Å². The number of unbranched alkanes of at least 4 members (excludes halogenated alkanes) is 1. The van der Waals surface area contributed by atoms with E-state index in [9.17, 15) is 27.6 Å². The van der Waals surface area contributed by atoms with E-state index < -0.39 is 30.7 Å². The monoisotopic (exact) mass is 572 g/mol. The van der Waals surface area contributed by atoms with Crippen molar-refractivity contribution in [3.05, 3.63) is 89.5 Å². The van der Waals surface area contributed by atoms with E-state index in [2.05, 4.69) is 4.74 Å². The van der Waals surface area contributed by atoms with Crippen LogP contribution >= 0.6 is 0 Å². The quantitative estimate of drug-likeness (QED) is 0.0985. The Morgan fingerprint density at radius 2 is 1.32 bits per heavy atom. The van der Waals surface area contributed by atoms with E-state index in [1.165, 1.54) is 66.7 Å². The van der Waals surface area contributed by atoms with Gasteiger partial charge in [0, 0.05) is 17.5 Å². The topological polar surface area (TPSA) is 140 Å².